The maximum atomic E-state index is 3.45. The summed E-state index contributed by atoms with van der Waals surface area (Å²) in [5.74, 6) is 0. The Morgan fingerprint density at radius 2 is 1.95 bits per heavy atom. The minimum Gasteiger partial charge on any atom is -0.316 e. The number of likely N-dealkylation sites (tertiary alicyclic amines) is 1. The van der Waals surface area contributed by atoms with E-state index in [4.69, 9.17) is 0 Å². The summed E-state index contributed by atoms with van der Waals surface area (Å²) in [6.07, 6.45) is 2.62. The number of piperidine rings is 1. The van der Waals surface area contributed by atoms with E-state index >= 15 is 0 Å². The minimum atomic E-state index is 0.511. The molecule has 0 amide bonds. The Balaban J connectivity index is 2.08. The maximum Gasteiger partial charge on any atom is 0.0474 e. The molecule has 2 atom stereocenters. The van der Waals surface area contributed by atoms with Crippen LogP contribution in [0.25, 0.3) is 0 Å². The molecule has 3 nitrogen and oxygen atoms in total. The molecule has 1 aliphatic rings. The predicted octanol–water partition coefficient (Wildman–Crippen LogP) is 2.75. The van der Waals surface area contributed by atoms with Gasteiger partial charge >= 0.3 is 0 Å². The lowest BCUT2D eigenvalue weighted by Crippen LogP contribution is -2.47. The number of benzene rings is 1. The Morgan fingerprint density at radius 1 is 1.24 bits per heavy atom. The first-order valence-corrected chi connectivity index (χ1v) is 8.47. The van der Waals surface area contributed by atoms with E-state index in [0.717, 1.165) is 19.6 Å². The fourth-order valence-electron chi connectivity index (χ4n) is 3.47. The van der Waals surface area contributed by atoms with Crippen LogP contribution < -0.4 is 5.32 Å². The second-order valence-corrected chi connectivity index (χ2v) is 6.04. The van der Waals surface area contributed by atoms with Crippen LogP contribution in [0.4, 0.5) is 0 Å². The van der Waals surface area contributed by atoms with Crippen molar-refractivity contribution < 1.29 is 0 Å². The summed E-state index contributed by atoms with van der Waals surface area (Å²) in [7, 11) is 2.09. The van der Waals surface area contributed by atoms with Crippen molar-refractivity contribution in [3.63, 3.8) is 0 Å². The summed E-state index contributed by atoms with van der Waals surface area (Å²) >= 11 is 0. The first-order chi connectivity index (χ1) is 10.3. The first-order valence-electron chi connectivity index (χ1n) is 8.47. The van der Waals surface area contributed by atoms with Crippen LogP contribution in [0.15, 0.2) is 30.3 Å². The molecule has 1 aromatic rings. The van der Waals surface area contributed by atoms with Gasteiger partial charge in [-0.25, -0.2) is 0 Å². The van der Waals surface area contributed by atoms with Crippen molar-refractivity contribution in [3.8, 4) is 0 Å². The number of hydrogen-bond donors (Lipinski definition) is 1. The number of likely N-dealkylation sites (N-methyl/N-ethyl adjacent to an activating group) is 2. The van der Waals surface area contributed by atoms with Crippen molar-refractivity contribution in [2.24, 2.45) is 0 Å². The van der Waals surface area contributed by atoms with E-state index in [0.29, 0.717) is 12.1 Å². The van der Waals surface area contributed by atoms with Gasteiger partial charge in [-0.2, -0.15) is 0 Å². The predicted molar refractivity (Wildman–Crippen MR) is 90.6 cm³/mol. The van der Waals surface area contributed by atoms with E-state index in [2.05, 4.69) is 66.3 Å². The maximum absolute atomic E-state index is 3.45. The summed E-state index contributed by atoms with van der Waals surface area (Å²) in [5.41, 5.74) is 1.45. The molecule has 1 aliphatic heterocycles. The SMILES string of the molecule is CCN(CC)C(CN1CCCC(NC)C1)c1ccccc1. The molecule has 0 aromatic heterocycles. The molecule has 0 bridgehead atoms. The second-order valence-electron chi connectivity index (χ2n) is 6.04. The zero-order chi connectivity index (χ0) is 15.1. The standard InChI is InChI=1S/C18H31N3/c1-4-21(5-2)18(16-10-7-6-8-11-16)15-20-13-9-12-17(14-20)19-3/h6-8,10-11,17-19H,4-5,9,12-15H2,1-3H3. The summed E-state index contributed by atoms with van der Waals surface area (Å²) in [6.45, 7) is 10.3. The Morgan fingerprint density at radius 3 is 2.57 bits per heavy atom. The Kier molecular flexibility index (Phi) is 6.68. The van der Waals surface area contributed by atoms with E-state index in [1.54, 1.807) is 0 Å². The second kappa shape index (κ2) is 8.52. The van der Waals surface area contributed by atoms with Gasteiger partial charge in [0.25, 0.3) is 0 Å². The van der Waals surface area contributed by atoms with Gasteiger partial charge in [0.2, 0.25) is 0 Å². The molecule has 1 N–H and O–H groups in total. The number of hydrogen-bond acceptors (Lipinski definition) is 3. The molecule has 21 heavy (non-hydrogen) atoms. The van der Waals surface area contributed by atoms with Crippen LogP contribution >= 0.6 is 0 Å². The van der Waals surface area contributed by atoms with Gasteiger partial charge in [0, 0.05) is 25.2 Å². The molecule has 0 aliphatic carbocycles. The number of nitrogens with one attached hydrogen (secondary N) is 1. The van der Waals surface area contributed by atoms with Crippen LogP contribution in [0.1, 0.15) is 38.3 Å². The van der Waals surface area contributed by atoms with Gasteiger partial charge in [-0.1, -0.05) is 44.2 Å². The molecule has 3 heteroatoms. The molecular weight excluding hydrogens is 258 g/mol. The largest absolute Gasteiger partial charge is 0.316 e. The van der Waals surface area contributed by atoms with Crippen molar-refractivity contribution in [2.45, 2.75) is 38.8 Å². The Hall–Kier alpha value is -0.900. The monoisotopic (exact) mass is 289 g/mol. The molecule has 1 aromatic carbocycles. The van der Waals surface area contributed by atoms with E-state index in [1.807, 2.05) is 0 Å². The minimum absolute atomic E-state index is 0.511. The molecule has 0 radical (unpaired) electrons. The molecule has 0 saturated carbocycles. The highest BCUT2D eigenvalue weighted by molar-refractivity contribution is 5.19. The van der Waals surface area contributed by atoms with Crippen LogP contribution in [0.5, 0.6) is 0 Å². The highest BCUT2D eigenvalue weighted by Crippen LogP contribution is 2.23. The van der Waals surface area contributed by atoms with Gasteiger partial charge < -0.3 is 5.32 Å². The zero-order valence-electron chi connectivity index (χ0n) is 13.9. The van der Waals surface area contributed by atoms with Crippen LogP contribution in [-0.4, -0.2) is 55.6 Å². The highest BCUT2D eigenvalue weighted by atomic mass is 15.2. The van der Waals surface area contributed by atoms with E-state index in [1.165, 1.54) is 31.5 Å². The summed E-state index contributed by atoms with van der Waals surface area (Å²) < 4.78 is 0. The number of nitrogens with zero attached hydrogens (tertiary/aromatic N) is 2. The highest BCUT2D eigenvalue weighted by Gasteiger charge is 2.24. The van der Waals surface area contributed by atoms with Crippen LogP contribution in [0.3, 0.4) is 0 Å². The lowest BCUT2D eigenvalue weighted by atomic mass is 10.0. The third-order valence-electron chi connectivity index (χ3n) is 4.78. The van der Waals surface area contributed by atoms with Crippen molar-refractivity contribution in [2.75, 3.05) is 39.8 Å². The average molecular weight is 289 g/mol. The first kappa shape index (κ1) is 16.5. The fraction of sp³-hybridized carbons (Fsp3) is 0.667. The molecule has 1 fully saturated rings. The lowest BCUT2D eigenvalue weighted by Gasteiger charge is -2.38. The lowest BCUT2D eigenvalue weighted by molar-refractivity contribution is 0.121. The van der Waals surface area contributed by atoms with Gasteiger partial charge in [-0.3, -0.25) is 9.80 Å². The van der Waals surface area contributed by atoms with Crippen LogP contribution in [0.2, 0.25) is 0 Å². The van der Waals surface area contributed by atoms with Crippen molar-refractivity contribution in [3.05, 3.63) is 35.9 Å². The molecule has 1 saturated heterocycles. The zero-order valence-corrected chi connectivity index (χ0v) is 13.9. The quantitative estimate of drug-likeness (QED) is 0.833. The third kappa shape index (κ3) is 4.53. The van der Waals surface area contributed by atoms with Crippen LogP contribution in [0, 0.1) is 0 Å². The summed E-state index contributed by atoms with van der Waals surface area (Å²) in [6, 6.07) is 12.2. The molecular formula is C18H31N3. The Bertz CT molecular complexity index is 389. The van der Waals surface area contributed by atoms with E-state index in [-0.39, 0.29) is 0 Å². The van der Waals surface area contributed by atoms with Gasteiger partial charge in [0.1, 0.15) is 0 Å². The smallest absolute Gasteiger partial charge is 0.0474 e. The summed E-state index contributed by atoms with van der Waals surface area (Å²) in [5, 5.41) is 3.45. The third-order valence-corrected chi connectivity index (χ3v) is 4.78. The molecule has 0 spiro atoms. The molecule has 2 rings (SSSR count). The van der Waals surface area contributed by atoms with Gasteiger partial charge in [0.15, 0.2) is 0 Å². The van der Waals surface area contributed by atoms with Gasteiger partial charge in [-0.15, -0.1) is 0 Å². The van der Waals surface area contributed by atoms with E-state index in [9.17, 15) is 0 Å². The van der Waals surface area contributed by atoms with E-state index < -0.39 is 0 Å². The van der Waals surface area contributed by atoms with Crippen molar-refractivity contribution in [1.82, 2.24) is 15.1 Å². The molecule has 118 valence electrons. The molecule has 2 unspecified atom stereocenters. The van der Waals surface area contributed by atoms with Gasteiger partial charge in [-0.05, 0) is 45.1 Å². The number of rotatable bonds is 7. The van der Waals surface area contributed by atoms with Gasteiger partial charge in [0.05, 0.1) is 0 Å². The van der Waals surface area contributed by atoms with Crippen molar-refractivity contribution >= 4 is 0 Å². The Labute approximate surface area is 130 Å². The summed E-state index contributed by atoms with van der Waals surface area (Å²) in [4.78, 5) is 5.22. The topological polar surface area (TPSA) is 18.5 Å². The fourth-order valence-corrected chi connectivity index (χ4v) is 3.47. The normalized spacial score (nSPS) is 21.6. The van der Waals surface area contributed by atoms with Crippen molar-refractivity contribution in [1.29, 1.82) is 0 Å². The molecule has 1 heterocycles. The average Bonchev–Trinajstić information content (AvgIpc) is 2.56. The van der Waals surface area contributed by atoms with Crippen LogP contribution in [-0.2, 0) is 0 Å².